The third-order valence-corrected chi connectivity index (χ3v) is 5.95. The number of carbonyl (C=O) groups is 2. The molecule has 0 aliphatic carbocycles. The average Bonchev–Trinajstić information content (AvgIpc) is 3.30. The van der Waals surface area contributed by atoms with E-state index < -0.39 is 0 Å². The highest BCUT2D eigenvalue weighted by molar-refractivity contribution is 5.94. The number of benzene rings is 1. The Morgan fingerprint density at radius 2 is 1.71 bits per heavy atom. The van der Waals surface area contributed by atoms with Gasteiger partial charge in [-0.1, -0.05) is 6.92 Å². The normalized spacial score (nSPS) is 17.9. The molecule has 1 atom stereocenters. The van der Waals surface area contributed by atoms with Crippen LogP contribution >= 0.6 is 0 Å². The van der Waals surface area contributed by atoms with Crippen LogP contribution in [0.2, 0.25) is 0 Å². The van der Waals surface area contributed by atoms with Crippen molar-refractivity contribution in [2.24, 2.45) is 5.92 Å². The minimum absolute atomic E-state index is 0.00374. The molecule has 2 amide bonds. The zero-order chi connectivity index (χ0) is 22.1. The van der Waals surface area contributed by atoms with Crippen molar-refractivity contribution in [1.29, 1.82) is 0 Å². The van der Waals surface area contributed by atoms with Crippen molar-refractivity contribution >= 4 is 11.8 Å². The summed E-state index contributed by atoms with van der Waals surface area (Å²) < 4.78 is 11.4. The second-order valence-corrected chi connectivity index (χ2v) is 8.65. The third kappa shape index (κ3) is 7.13. The van der Waals surface area contributed by atoms with Crippen molar-refractivity contribution in [2.45, 2.75) is 46.0 Å². The van der Waals surface area contributed by atoms with Gasteiger partial charge in [0.1, 0.15) is 0 Å². The average molecular weight is 432 g/mol. The highest BCUT2D eigenvalue weighted by Gasteiger charge is 2.19. The summed E-state index contributed by atoms with van der Waals surface area (Å²) >= 11 is 0. The van der Waals surface area contributed by atoms with Gasteiger partial charge in [0.2, 0.25) is 0 Å². The molecule has 0 spiro atoms. The van der Waals surface area contributed by atoms with Gasteiger partial charge >= 0.3 is 0 Å². The summed E-state index contributed by atoms with van der Waals surface area (Å²) in [5.41, 5.74) is 0.534. The predicted molar refractivity (Wildman–Crippen MR) is 121 cm³/mol. The molecular weight excluding hydrogens is 394 g/mol. The maximum absolute atomic E-state index is 12.6. The van der Waals surface area contributed by atoms with E-state index in [1.807, 2.05) is 11.8 Å². The summed E-state index contributed by atoms with van der Waals surface area (Å²) in [6, 6.07) is 5.14. The molecule has 2 aliphatic rings. The van der Waals surface area contributed by atoms with Crippen LogP contribution in [0.25, 0.3) is 0 Å². The van der Waals surface area contributed by atoms with Crippen LogP contribution in [0.1, 0.15) is 56.3 Å². The number of hydrogen-bond acceptors (Lipinski definition) is 5. The maximum atomic E-state index is 12.6. The molecule has 3 rings (SSSR count). The molecule has 0 radical (unpaired) electrons. The van der Waals surface area contributed by atoms with Gasteiger partial charge in [-0.2, -0.15) is 0 Å². The van der Waals surface area contributed by atoms with Crippen LogP contribution in [0, 0.1) is 5.92 Å². The fourth-order valence-corrected chi connectivity index (χ4v) is 4.25. The molecular formula is C24H37N3O4. The first-order valence-corrected chi connectivity index (χ1v) is 11.7. The van der Waals surface area contributed by atoms with Crippen molar-refractivity contribution in [1.82, 2.24) is 15.1 Å². The largest absolute Gasteiger partial charge is 0.490 e. The molecule has 1 N–H and O–H groups in total. The van der Waals surface area contributed by atoms with E-state index in [9.17, 15) is 9.59 Å². The Bertz CT molecular complexity index is 728. The van der Waals surface area contributed by atoms with Gasteiger partial charge in [0.15, 0.2) is 18.1 Å². The van der Waals surface area contributed by atoms with Gasteiger partial charge in [-0.15, -0.1) is 0 Å². The van der Waals surface area contributed by atoms with E-state index in [0.717, 1.165) is 45.6 Å². The van der Waals surface area contributed by atoms with Crippen LogP contribution in [0.3, 0.4) is 0 Å². The van der Waals surface area contributed by atoms with Crippen LogP contribution in [0.4, 0.5) is 0 Å². The first kappa shape index (κ1) is 23.4. The number of carbonyl (C=O) groups excluding carboxylic acids is 2. The van der Waals surface area contributed by atoms with Gasteiger partial charge in [-0.25, -0.2) is 0 Å². The number of rotatable bonds is 10. The zero-order valence-electron chi connectivity index (χ0n) is 19.0. The van der Waals surface area contributed by atoms with E-state index in [1.165, 1.54) is 19.3 Å². The number of likely N-dealkylation sites (tertiary alicyclic amines) is 2. The summed E-state index contributed by atoms with van der Waals surface area (Å²) in [6.45, 7) is 10.1. The maximum Gasteiger partial charge on any atom is 0.260 e. The highest BCUT2D eigenvalue weighted by atomic mass is 16.5. The number of nitrogens with zero attached hydrogens (tertiary/aromatic N) is 2. The number of nitrogens with one attached hydrogen (secondary N) is 1. The van der Waals surface area contributed by atoms with Crippen molar-refractivity contribution in [3.05, 3.63) is 23.8 Å². The van der Waals surface area contributed by atoms with Gasteiger partial charge in [-0.05, 0) is 76.2 Å². The number of piperidine rings is 1. The van der Waals surface area contributed by atoms with Crippen LogP contribution in [-0.2, 0) is 4.79 Å². The van der Waals surface area contributed by atoms with Crippen molar-refractivity contribution in [3.63, 3.8) is 0 Å². The van der Waals surface area contributed by atoms with E-state index in [0.29, 0.717) is 36.1 Å². The van der Waals surface area contributed by atoms with Gasteiger partial charge in [0.05, 0.1) is 6.61 Å². The van der Waals surface area contributed by atoms with Crippen LogP contribution in [0.5, 0.6) is 11.5 Å². The Balaban J connectivity index is 1.53. The summed E-state index contributed by atoms with van der Waals surface area (Å²) in [5.74, 6) is 1.26. The highest BCUT2D eigenvalue weighted by Crippen LogP contribution is 2.29. The number of hydrogen-bond donors (Lipinski definition) is 1. The fraction of sp³-hybridized carbons (Fsp3) is 0.667. The molecule has 2 aliphatic heterocycles. The standard InChI is InChI=1S/C24H37N3O4/c1-3-30-22-15-20(24(29)25-16-19(2)17-26-11-7-8-12-26)9-10-21(22)31-18-23(28)27-13-5-4-6-14-27/h9-10,15,19H,3-8,11-14,16-18H2,1-2H3,(H,25,29). The monoisotopic (exact) mass is 431 g/mol. The zero-order valence-corrected chi connectivity index (χ0v) is 19.0. The molecule has 1 aromatic carbocycles. The van der Waals surface area contributed by atoms with E-state index >= 15 is 0 Å². The van der Waals surface area contributed by atoms with E-state index in [2.05, 4.69) is 17.1 Å². The van der Waals surface area contributed by atoms with Crippen molar-refractivity contribution in [2.75, 3.05) is 52.5 Å². The lowest BCUT2D eigenvalue weighted by Gasteiger charge is -2.26. The first-order chi connectivity index (χ1) is 15.1. The molecule has 31 heavy (non-hydrogen) atoms. The topological polar surface area (TPSA) is 71.1 Å². The van der Waals surface area contributed by atoms with E-state index in [1.54, 1.807) is 18.2 Å². The van der Waals surface area contributed by atoms with Crippen LogP contribution in [0.15, 0.2) is 18.2 Å². The van der Waals surface area contributed by atoms with Crippen molar-refractivity contribution in [3.8, 4) is 11.5 Å². The molecule has 2 heterocycles. The SMILES string of the molecule is CCOc1cc(C(=O)NCC(C)CN2CCCC2)ccc1OCC(=O)N1CCCCC1. The number of ether oxygens (including phenoxy) is 2. The van der Waals surface area contributed by atoms with E-state index in [-0.39, 0.29) is 18.4 Å². The fourth-order valence-electron chi connectivity index (χ4n) is 4.25. The molecule has 1 unspecified atom stereocenters. The molecule has 2 fully saturated rings. The van der Waals surface area contributed by atoms with Gasteiger partial charge in [0, 0.05) is 31.7 Å². The summed E-state index contributed by atoms with van der Waals surface area (Å²) in [4.78, 5) is 29.3. The minimum atomic E-state index is -0.120. The smallest absolute Gasteiger partial charge is 0.260 e. The lowest BCUT2D eigenvalue weighted by Crippen LogP contribution is -2.38. The molecule has 7 heteroatoms. The molecule has 7 nitrogen and oxygen atoms in total. The lowest BCUT2D eigenvalue weighted by atomic mass is 10.1. The molecule has 0 saturated carbocycles. The quantitative estimate of drug-likeness (QED) is 0.617. The predicted octanol–water partition coefficient (Wildman–Crippen LogP) is 2.94. The minimum Gasteiger partial charge on any atom is -0.490 e. The Morgan fingerprint density at radius 1 is 1.00 bits per heavy atom. The van der Waals surface area contributed by atoms with Gasteiger partial charge in [0.25, 0.3) is 11.8 Å². The van der Waals surface area contributed by atoms with Crippen LogP contribution < -0.4 is 14.8 Å². The third-order valence-electron chi connectivity index (χ3n) is 5.95. The molecule has 1 aromatic rings. The van der Waals surface area contributed by atoms with Crippen molar-refractivity contribution < 1.29 is 19.1 Å². The van der Waals surface area contributed by atoms with Gasteiger partial charge < -0.3 is 24.6 Å². The molecule has 2 saturated heterocycles. The molecule has 172 valence electrons. The Labute approximate surface area is 186 Å². The lowest BCUT2D eigenvalue weighted by molar-refractivity contribution is -0.134. The Kier molecular flexibility index (Phi) is 9.00. The van der Waals surface area contributed by atoms with Crippen LogP contribution in [-0.4, -0.2) is 74.1 Å². The summed E-state index contributed by atoms with van der Waals surface area (Å²) in [5, 5.41) is 3.03. The second-order valence-electron chi connectivity index (χ2n) is 8.65. The summed E-state index contributed by atoms with van der Waals surface area (Å²) in [7, 11) is 0. The first-order valence-electron chi connectivity index (χ1n) is 11.7. The Morgan fingerprint density at radius 3 is 2.42 bits per heavy atom. The van der Waals surface area contributed by atoms with E-state index in [4.69, 9.17) is 9.47 Å². The van der Waals surface area contributed by atoms with Gasteiger partial charge in [-0.3, -0.25) is 9.59 Å². The number of amides is 2. The molecule has 0 bridgehead atoms. The molecule has 0 aromatic heterocycles. The Hall–Kier alpha value is -2.28. The summed E-state index contributed by atoms with van der Waals surface area (Å²) in [6.07, 6.45) is 5.83. The second kappa shape index (κ2) is 11.9.